The second-order valence-electron chi connectivity index (χ2n) is 3.72. The average Bonchev–Trinajstić information content (AvgIpc) is 2.60. The van der Waals surface area contributed by atoms with Gasteiger partial charge in [-0.25, -0.2) is 0 Å². The molecule has 1 aromatic carbocycles. The maximum atomic E-state index is 12.0. The Hall–Kier alpha value is -1.86. The van der Waals surface area contributed by atoms with Crippen molar-refractivity contribution in [3.8, 4) is 5.75 Å². The summed E-state index contributed by atoms with van der Waals surface area (Å²) in [7, 11) is 0. The molecule has 1 aliphatic rings. The number of phenolic OH excluding ortho intramolecular Hbond substituents is 1. The molecule has 0 radical (unpaired) electrons. The van der Waals surface area contributed by atoms with Gasteiger partial charge >= 0.3 is 5.97 Å². The number of phenols is 1. The van der Waals surface area contributed by atoms with Crippen LogP contribution in [-0.4, -0.2) is 37.9 Å². The summed E-state index contributed by atoms with van der Waals surface area (Å²) in [5.74, 6) is -1.54. The number of carboxylic acid groups (broad SMARTS) is 1. The molecule has 1 aliphatic heterocycles. The predicted molar refractivity (Wildman–Crippen MR) is 75.6 cm³/mol. The number of hydrogen-bond donors (Lipinski definition) is 2. The van der Waals surface area contributed by atoms with Crippen molar-refractivity contribution in [1.29, 1.82) is 0 Å². The van der Waals surface area contributed by atoms with E-state index in [1.165, 1.54) is 12.1 Å². The quantitative estimate of drug-likeness (QED) is 0.652. The van der Waals surface area contributed by atoms with Gasteiger partial charge in [0.1, 0.15) is 16.6 Å². The maximum absolute atomic E-state index is 12.0. The molecule has 0 aromatic heterocycles. The van der Waals surface area contributed by atoms with E-state index in [2.05, 4.69) is 0 Å². The Morgan fingerprint density at radius 1 is 1.42 bits per heavy atom. The monoisotopic (exact) mass is 295 g/mol. The first kappa shape index (κ1) is 13.6. The topological polar surface area (TPSA) is 77.8 Å². The zero-order valence-corrected chi connectivity index (χ0v) is 11.2. The van der Waals surface area contributed by atoms with E-state index in [1.54, 1.807) is 18.2 Å². The minimum Gasteiger partial charge on any atom is -0.507 e. The molecule has 0 saturated carbocycles. The Morgan fingerprint density at radius 2 is 2.11 bits per heavy atom. The number of carbonyl (C=O) groups is 2. The normalized spacial score (nSPS) is 17.3. The van der Waals surface area contributed by atoms with Crippen LogP contribution in [0, 0.1) is 0 Å². The first-order chi connectivity index (χ1) is 8.99. The van der Waals surface area contributed by atoms with Crippen LogP contribution in [0.1, 0.15) is 5.56 Å². The third-order valence-corrected chi connectivity index (χ3v) is 3.77. The number of nitrogens with zero attached hydrogens (tertiary/aromatic N) is 1. The summed E-state index contributed by atoms with van der Waals surface area (Å²) in [6.07, 6.45) is 1.50. The molecule has 0 aliphatic carbocycles. The molecule has 19 heavy (non-hydrogen) atoms. The van der Waals surface area contributed by atoms with Gasteiger partial charge in [-0.2, -0.15) is 0 Å². The Kier molecular flexibility index (Phi) is 3.87. The SMILES string of the molecule is O=C(O)CN1C(=O)/C(=C\c2ccccc2O)SC1=S. The number of para-hydroxylation sites is 1. The van der Waals surface area contributed by atoms with Crippen LogP contribution >= 0.6 is 24.0 Å². The molecule has 1 fully saturated rings. The van der Waals surface area contributed by atoms with Gasteiger partial charge in [-0.1, -0.05) is 42.2 Å². The second kappa shape index (κ2) is 5.41. The molecule has 5 nitrogen and oxygen atoms in total. The largest absolute Gasteiger partial charge is 0.507 e. The van der Waals surface area contributed by atoms with Gasteiger partial charge in [0.05, 0.1) is 4.91 Å². The van der Waals surface area contributed by atoms with Crippen molar-refractivity contribution in [1.82, 2.24) is 4.90 Å². The Bertz CT molecular complexity index is 597. The summed E-state index contributed by atoms with van der Waals surface area (Å²) in [6.45, 7) is -0.456. The minimum atomic E-state index is -1.12. The van der Waals surface area contributed by atoms with Crippen molar-refractivity contribution in [3.05, 3.63) is 34.7 Å². The van der Waals surface area contributed by atoms with Crippen LogP contribution < -0.4 is 0 Å². The lowest BCUT2D eigenvalue weighted by molar-refractivity contribution is -0.140. The molecule has 98 valence electrons. The fraction of sp³-hybridized carbons (Fsp3) is 0.0833. The van der Waals surface area contributed by atoms with E-state index in [9.17, 15) is 14.7 Å². The molecule has 1 saturated heterocycles. The fourth-order valence-corrected chi connectivity index (χ4v) is 2.77. The van der Waals surface area contributed by atoms with Crippen LogP contribution in [0.5, 0.6) is 5.75 Å². The molecule has 0 atom stereocenters. The molecular weight excluding hydrogens is 286 g/mol. The zero-order valence-electron chi connectivity index (χ0n) is 9.57. The predicted octanol–water partition coefficient (Wildman–Crippen LogP) is 1.68. The van der Waals surface area contributed by atoms with Crippen molar-refractivity contribution < 1.29 is 19.8 Å². The van der Waals surface area contributed by atoms with E-state index < -0.39 is 18.4 Å². The molecule has 1 aromatic rings. The summed E-state index contributed by atoms with van der Waals surface area (Å²) in [4.78, 5) is 23.9. The minimum absolute atomic E-state index is 0.0472. The number of aromatic hydroxyl groups is 1. The van der Waals surface area contributed by atoms with Crippen LogP contribution in [0.2, 0.25) is 0 Å². The number of amides is 1. The standard InChI is InChI=1S/C12H9NO4S2/c14-8-4-2-1-3-7(8)5-9-11(17)13(6-10(15)16)12(18)19-9/h1-5,14H,6H2,(H,15,16)/b9-5+. The summed E-state index contributed by atoms with van der Waals surface area (Å²) >= 11 is 5.99. The molecule has 1 heterocycles. The van der Waals surface area contributed by atoms with E-state index in [0.717, 1.165) is 16.7 Å². The summed E-state index contributed by atoms with van der Waals surface area (Å²) in [5.41, 5.74) is 0.485. The van der Waals surface area contributed by atoms with Crippen LogP contribution in [-0.2, 0) is 9.59 Å². The number of hydrogen-bond acceptors (Lipinski definition) is 5. The van der Waals surface area contributed by atoms with Gasteiger partial charge in [-0.05, 0) is 12.1 Å². The van der Waals surface area contributed by atoms with Crippen molar-refractivity contribution in [2.45, 2.75) is 0 Å². The fourth-order valence-electron chi connectivity index (χ4n) is 1.52. The Morgan fingerprint density at radius 3 is 2.74 bits per heavy atom. The Labute approximate surface area is 118 Å². The van der Waals surface area contributed by atoms with Gasteiger partial charge in [0.2, 0.25) is 0 Å². The smallest absolute Gasteiger partial charge is 0.323 e. The first-order valence-electron chi connectivity index (χ1n) is 5.24. The number of carboxylic acids is 1. The molecule has 1 amide bonds. The maximum Gasteiger partial charge on any atom is 0.323 e. The second-order valence-corrected chi connectivity index (χ2v) is 5.40. The highest BCUT2D eigenvalue weighted by molar-refractivity contribution is 8.26. The lowest BCUT2D eigenvalue weighted by Crippen LogP contribution is -2.33. The van der Waals surface area contributed by atoms with Crippen molar-refractivity contribution >= 4 is 46.3 Å². The molecule has 2 N–H and O–H groups in total. The van der Waals surface area contributed by atoms with Gasteiger partial charge in [-0.3, -0.25) is 14.5 Å². The summed E-state index contributed by atoms with van der Waals surface area (Å²) < 4.78 is 0.203. The van der Waals surface area contributed by atoms with Crippen molar-refractivity contribution in [2.75, 3.05) is 6.54 Å². The number of benzene rings is 1. The van der Waals surface area contributed by atoms with Gasteiger partial charge in [-0.15, -0.1) is 0 Å². The number of thioether (sulfide) groups is 1. The van der Waals surface area contributed by atoms with Crippen LogP contribution in [0.25, 0.3) is 6.08 Å². The first-order valence-corrected chi connectivity index (χ1v) is 6.46. The number of carbonyl (C=O) groups excluding carboxylic acids is 1. The molecule has 0 spiro atoms. The molecule has 0 bridgehead atoms. The van der Waals surface area contributed by atoms with E-state index in [1.807, 2.05) is 0 Å². The van der Waals surface area contributed by atoms with Crippen molar-refractivity contribution in [3.63, 3.8) is 0 Å². The number of rotatable bonds is 3. The number of thiocarbonyl (C=S) groups is 1. The highest BCUT2D eigenvalue weighted by atomic mass is 32.2. The lowest BCUT2D eigenvalue weighted by Gasteiger charge is -2.10. The van der Waals surface area contributed by atoms with E-state index in [-0.39, 0.29) is 10.1 Å². The van der Waals surface area contributed by atoms with E-state index in [0.29, 0.717) is 10.5 Å². The highest BCUT2D eigenvalue weighted by Crippen LogP contribution is 2.33. The highest BCUT2D eigenvalue weighted by Gasteiger charge is 2.33. The molecule has 0 unspecified atom stereocenters. The van der Waals surface area contributed by atoms with Crippen LogP contribution in [0.3, 0.4) is 0 Å². The van der Waals surface area contributed by atoms with Gasteiger partial charge < -0.3 is 10.2 Å². The van der Waals surface area contributed by atoms with Crippen molar-refractivity contribution in [2.24, 2.45) is 0 Å². The molecular formula is C12H9NO4S2. The third-order valence-electron chi connectivity index (χ3n) is 2.39. The van der Waals surface area contributed by atoms with E-state index >= 15 is 0 Å². The zero-order chi connectivity index (χ0) is 14.0. The average molecular weight is 295 g/mol. The Balaban J connectivity index is 2.28. The van der Waals surface area contributed by atoms with Crippen LogP contribution in [0.15, 0.2) is 29.2 Å². The molecule has 7 heteroatoms. The molecule has 2 rings (SSSR count). The van der Waals surface area contributed by atoms with Gasteiger partial charge in [0.25, 0.3) is 5.91 Å². The van der Waals surface area contributed by atoms with E-state index in [4.69, 9.17) is 17.3 Å². The van der Waals surface area contributed by atoms with Gasteiger partial charge in [0, 0.05) is 5.56 Å². The lowest BCUT2D eigenvalue weighted by atomic mass is 10.2. The van der Waals surface area contributed by atoms with Crippen LogP contribution in [0.4, 0.5) is 0 Å². The summed E-state index contributed by atoms with van der Waals surface area (Å²) in [6, 6.07) is 6.55. The number of aliphatic carboxylic acids is 1. The third kappa shape index (κ3) is 2.94. The summed E-state index contributed by atoms with van der Waals surface area (Å²) in [5, 5.41) is 18.3. The van der Waals surface area contributed by atoms with Gasteiger partial charge in [0.15, 0.2) is 0 Å².